The molecular weight excluding hydrogens is 347 g/mol. The van der Waals surface area contributed by atoms with Gasteiger partial charge in [-0.1, -0.05) is 17.7 Å². The van der Waals surface area contributed by atoms with Gasteiger partial charge in [0.25, 0.3) is 0 Å². The Morgan fingerprint density at radius 2 is 2.00 bits per heavy atom. The summed E-state index contributed by atoms with van der Waals surface area (Å²) < 4.78 is 43.1. The highest BCUT2D eigenvalue weighted by Crippen LogP contribution is 2.35. The van der Waals surface area contributed by atoms with E-state index in [1.807, 2.05) is 0 Å². The lowest BCUT2D eigenvalue weighted by molar-refractivity contribution is -0.147. The molecule has 0 saturated heterocycles. The van der Waals surface area contributed by atoms with Crippen molar-refractivity contribution in [2.75, 3.05) is 6.54 Å². The number of nitrogens with one attached hydrogen (secondary N) is 1. The predicted molar refractivity (Wildman–Crippen MR) is 84.3 cm³/mol. The molecule has 0 atom stereocenters. The van der Waals surface area contributed by atoms with E-state index < -0.39 is 28.6 Å². The monoisotopic (exact) mass is 363 g/mol. The Morgan fingerprint density at radius 1 is 1.33 bits per heavy atom. The summed E-state index contributed by atoms with van der Waals surface area (Å²) in [4.78, 5) is 22.8. The summed E-state index contributed by atoms with van der Waals surface area (Å²) in [6.45, 7) is 3.49. The van der Waals surface area contributed by atoms with Crippen molar-refractivity contribution in [2.24, 2.45) is 0 Å². The average molecular weight is 364 g/mol. The number of carbonyl (C=O) groups excluding carboxylic acids is 2. The number of esters is 1. The van der Waals surface area contributed by atoms with Crippen molar-refractivity contribution < 1.29 is 27.5 Å². The first-order valence-corrected chi connectivity index (χ1v) is 7.49. The molecule has 1 aromatic carbocycles. The normalized spacial score (nSPS) is 11.8. The molecule has 1 N–H and O–H groups in total. The SMILES string of the molecule is CC(C)OC(=O)CCNC(=O)/C=C/c1ccc(Cl)c(C(F)(F)F)c1. The smallest absolute Gasteiger partial charge is 0.417 e. The molecule has 4 nitrogen and oxygen atoms in total. The number of hydrogen-bond acceptors (Lipinski definition) is 3. The molecule has 0 saturated carbocycles. The van der Waals surface area contributed by atoms with Crippen molar-refractivity contribution in [3.05, 3.63) is 40.4 Å². The molecule has 8 heteroatoms. The third kappa shape index (κ3) is 7.04. The van der Waals surface area contributed by atoms with E-state index in [1.165, 1.54) is 12.1 Å². The quantitative estimate of drug-likeness (QED) is 0.617. The molecule has 0 aliphatic heterocycles. The van der Waals surface area contributed by atoms with Gasteiger partial charge >= 0.3 is 12.1 Å². The first-order valence-electron chi connectivity index (χ1n) is 7.11. The molecule has 1 aromatic rings. The Kier molecular flexibility index (Phi) is 7.28. The van der Waals surface area contributed by atoms with Gasteiger partial charge in [0.15, 0.2) is 0 Å². The lowest BCUT2D eigenvalue weighted by Gasteiger charge is -2.09. The first-order chi connectivity index (χ1) is 11.1. The first kappa shape index (κ1) is 20.0. The van der Waals surface area contributed by atoms with E-state index in [0.29, 0.717) is 0 Å². The molecule has 1 amide bonds. The van der Waals surface area contributed by atoms with Crippen molar-refractivity contribution >= 4 is 29.6 Å². The van der Waals surface area contributed by atoms with Crippen LogP contribution in [0.5, 0.6) is 0 Å². The van der Waals surface area contributed by atoms with E-state index in [2.05, 4.69) is 5.32 Å². The van der Waals surface area contributed by atoms with Gasteiger partial charge < -0.3 is 10.1 Å². The summed E-state index contributed by atoms with van der Waals surface area (Å²) in [5.41, 5.74) is -0.788. The molecule has 0 spiro atoms. The molecule has 0 aliphatic carbocycles. The third-order valence-corrected chi connectivity index (χ3v) is 3.05. The summed E-state index contributed by atoms with van der Waals surface area (Å²) in [6, 6.07) is 3.33. The summed E-state index contributed by atoms with van der Waals surface area (Å²) in [6.07, 6.45) is -2.48. The fourth-order valence-electron chi connectivity index (χ4n) is 1.70. The van der Waals surface area contributed by atoms with Crippen molar-refractivity contribution in [2.45, 2.75) is 32.5 Å². The zero-order chi connectivity index (χ0) is 18.3. The molecule has 0 aliphatic rings. The Balaban J connectivity index is 2.57. The standard InChI is InChI=1S/C16H17ClF3NO3/c1-10(2)24-15(23)7-8-21-14(22)6-4-11-3-5-13(17)12(9-11)16(18,19)20/h3-6,9-10H,7-8H2,1-2H3,(H,21,22)/b6-4+. The largest absolute Gasteiger partial charge is 0.463 e. The Labute approximate surface area is 142 Å². The molecule has 132 valence electrons. The zero-order valence-corrected chi connectivity index (χ0v) is 13.9. The van der Waals surface area contributed by atoms with Crippen LogP contribution in [0.15, 0.2) is 24.3 Å². The second-order valence-corrected chi connectivity index (χ2v) is 5.56. The second kappa shape index (κ2) is 8.73. The van der Waals surface area contributed by atoms with E-state index >= 15 is 0 Å². The minimum Gasteiger partial charge on any atom is -0.463 e. The number of hydrogen-bond donors (Lipinski definition) is 1. The van der Waals surface area contributed by atoms with Gasteiger partial charge in [0.1, 0.15) is 0 Å². The molecule has 0 fully saturated rings. The van der Waals surface area contributed by atoms with Crippen LogP contribution in [0.1, 0.15) is 31.4 Å². The van der Waals surface area contributed by atoms with Crippen LogP contribution in [-0.4, -0.2) is 24.5 Å². The van der Waals surface area contributed by atoms with E-state index in [-0.39, 0.29) is 24.6 Å². The third-order valence-electron chi connectivity index (χ3n) is 2.72. The van der Waals surface area contributed by atoms with Crippen LogP contribution in [0, 0.1) is 0 Å². The zero-order valence-electron chi connectivity index (χ0n) is 13.1. The molecule has 0 bridgehead atoms. The Hall–Kier alpha value is -2.02. The fourth-order valence-corrected chi connectivity index (χ4v) is 1.93. The minimum atomic E-state index is -4.57. The maximum absolute atomic E-state index is 12.7. The van der Waals surface area contributed by atoms with Crippen LogP contribution in [-0.2, 0) is 20.5 Å². The van der Waals surface area contributed by atoms with Crippen LogP contribution in [0.4, 0.5) is 13.2 Å². The van der Waals surface area contributed by atoms with E-state index in [4.69, 9.17) is 16.3 Å². The lowest BCUT2D eigenvalue weighted by Crippen LogP contribution is -2.25. The van der Waals surface area contributed by atoms with Crippen molar-refractivity contribution in [3.63, 3.8) is 0 Å². The second-order valence-electron chi connectivity index (χ2n) is 5.15. The molecular formula is C16H17ClF3NO3. The van der Waals surface area contributed by atoms with Crippen LogP contribution in [0.25, 0.3) is 6.08 Å². The number of amides is 1. The highest BCUT2D eigenvalue weighted by Gasteiger charge is 2.33. The van der Waals surface area contributed by atoms with Gasteiger partial charge in [0.05, 0.1) is 23.1 Å². The van der Waals surface area contributed by atoms with Gasteiger partial charge in [0, 0.05) is 12.6 Å². The van der Waals surface area contributed by atoms with Gasteiger partial charge in [-0.05, 0) is 37.6 Å². The summed E-state index contributed by atoms with van der Waals surface area (Å²) >= 11 is 5.51. The summed E-state index contributed by atoms with van der Waals surface area (Å²) in [5, 5.41) is 2.03. The van der Waals surface area contributed by atoms with Gasteiger partial charge in [-0.25, -0.2) is 0 Å². The highest BCUT2D eigenvalue weighted by molar-refractivity contribution is 6.31. The molecule has 0 unspecified atom stereocenters. The lowest BCUT2D eigenvalue weighted by atomic mass is 10.1. The van der Waals surface area contributed by atoms with Crippen LogP contribution >= 0.6 is 11.6 Å². The fraction of sp³-hybridized carbons (Fsp3) is 0.375. The highest BCUT2D eigenvalue weighted by atomic mass is 35.5. The van der Waals surface area contributed by atoms with Crippen molar-refractivity contribution in [1.29, 1.82) is 0 Å². The minimum absolute atomic E-state index is 0.0108. The van der Waals surface area contributed by atoms with Crippen LogP contribution < -0.4 is 5.32 Å². The topological polar surface area (TPSA) is 55.4 Å². The van der Waals surface area contributed by atoms with Gasteiger partial charge in [-0.2, -0.15) is 13.2 Å². The maximum Gasteiger partial charge on any atom is 0.417 e. The van der Waals surface area contributed by atoms with Gasteiger partial charge in [0.2, 0.25) is 5.91 Å². The van der Waals surface area contributed by atoms with Crippen molar-refractivity contribution in [1.82, 2.24) is 5.32 Å². The number of benzene rings is 1. The van der Waals surface area contributed by atoms with E-state index in [1.54, 1.807) is 13.8 Å². The molecule has 0 heterocycles. The molecule has 0 aromatic heterocycles. The van der Waals surface area contributed by atoms with Crippen LogP contribution in [0.2, 0.25) is 5.02 Å². The van der Waals surface area contributed by atoms with Gasteiger partial charge in [-0.15, -0.1) is 0 Å². The van der Waals surface area contributed by atoms with E-state index in [0.717, 1.165) is 18.2 Å². The Morgan fingerprint density at radius 3 is 2.58 bits per heavy atom. The number of halogens is 4. The maximum atomic E-state index is 12.7. The summed E-state index contributed by atoms with van der Waals surface area (Å²) in [7, 11) is 0. The van der Waals surface area contributed by atoms with Crippen LogP contribution in [0.3, 0.4) is 0 Å². The molecule has 0 radical (unpaired) electrons. The average Bonchev–Trinajstić information content (AvgIpc) is 2.44. The number of alkyl halides is 3. The summed E-state index contributed by atoms with van der Waals surface area (Å²) in [5.74, 6) is -0.974. The predicted octanol–water partition coefficient (Wildman–Crippen LogP) is 3.83. The van der Waals surface area contributed by atoms with Gasteiger partial charge in [-0.3, -0.25) is 9.59 Å². The van der Waals surface area contributed by atoms with E-state index in [9.17, 15) is 22.8 Å². The number of ether oxygens (including phenoxy) is 1. The Bertz CT molecular complexity index is 627. The molecule has 1 rings (SSSR count). The molecule has 24 heavy (non-hydrogen) atoms. The number of carbonyl (C=O) groups is 2. The number of rotatable bonds is 6. The van der Waals surface area contributed by atoms with Crippen molar-refractivity contribution in [3.8, 4) is 0 Å².